The lowest BCUT2D eigenvalue weighted by Crippen LogP contribution is -2.40. The number of aromatic nitrogens is 1. The highest BCUT2D eigenvalue weighted by Gasteiger charge is 2.48. The number of nitrogens with zero attached hydrogens (tertiary/aromatic N) is 2. The van der Waals surface area contributed by atoms with Crippen LogP contribution < -0.4 is 10.1 Å². The molecule has 1 N–H and O–H groups in total. The van der Waals surface area contributed by atoms with Crippen LogP contribution >= 0.6 is 0 Å². The average Bonchev–Trinajstić information content (AvgIpc) is 2.98. The van der Waals surface area contributed by atoms with E-state index in [0.717, 1.165) is 17.7 Å². The van der Waals surface area contributed by atoms with E-state index in [1.165, 1.54) is 24.4 Å². The Balaban J connectivity index is 1.37. The van der Waals surface area contributed by atoms with Gasteiger partial charge in [-0.2, -0.15) is 0 Å². The molecule has 0 radical (unpaired) electrons. The quantitative estimate of drug-likeness (QED) is 0.739. The average molecular weight is 411 g/mol. The fourth-order valence-electron chi connectivity index (χ4n) is 4.07. The Morgan fingerprint density at radius 3 is 2.57 bits per heavy atom. The molecule has 1 aliphatic carbocycles. The van der Waals surface area contributed by atoms with Crippen molar-refractivity contribution in [1.29, 1.82) is 0 Å². The number of benzene rings is 1. The van der Waals surface area contributed by atoms with Crippen LogP contribution in [0.4, 0.5) is 4.39 Å². The zero-order chi connectivity index (χ0) is 21.1. The second-order valence-corrected chi connectivity index (χ2v) is 7.56. The second-order valence-electron chi connectivity index (χ2n) is 7.56. The minimum absolute atomic E-state index is 0.0976. The van der Waals surface area contributed by atoms with Crippen LogP contribution in [-0.2, 0) is 20.9 Å². The van der Waals surface area contributed by atoms with E-state index < -0.39 is 11.7 Å². The molecule has 156 valence electrons. The summed E-state index contributed by atoms with van der Waals surface area (Å²) in [7, 11) is 0. The number of hydrogen-bond acceptors (Lipinski definition) is 5. The maximum absolute atomic E-state index is 13.4. The monoisotopic (exact) mass is 411 g/mol. The molecule has 1 aromatic carbocycles. The molecule has 4 rings (SSSR count). The van der Waals surface area contributed by atoms with Gasteiger partial charge >= 0.3 is 0 Å². The first-order valence-corrected chi connectivity index (χ1v) is 10.0. The maximum atomic E-state index is 13.4. The highest BCUT2D eigenvalue weighted by molar-refractivity contribution is 6.07. The van der Waals surface area contributed by atoms with Crippen LogP contribution in [0.1, 0.15) is 31.2 Å². The molecule has 2 unspecified atom stereocenters. The van der Waals surface area contributed by atoms with E-state index in [2.05, 4.69) is 10.3 Å². The van der Waals surface area contributed by atoms with Crippen molar-refractivity contribution >= 4 is 17.7 Å². The van der Waals surface area contributed by atoms with E-state index in [9.17, 15) is 18.8 Å². The molecular weight excluding hydrogens is 389 g/mol. The van der Waals surface area contributed by atoms with Gasteiger partial charge in [-0.05, 0) is 31.0 Å². The Kier molecular flexibility index (Phi) is 5.74. The molecule has 2 atom stereocenters. The molecule has 0 spiro atoms. The Morgan fingerprint density at radius 1 is 1.13 bits per heavy atom. The summed E-state index contributed by atoms with van der Waals surface area (Å²) in [6.45, 7) is -0.189. The van der Waals surface area contributed by atoms with Gasteiger partial charge in [0.15, 0.2) is 0 Å². The Labute approximate surface area is 173 Å². The molecule has 0 bridgehead atoms. The van der Waals surface area contributed by atoms with Crippen LogP contribution in [0.25, 0.3) is 0 Å². The van der Waals surface area contributed by atoms with Gasteiger partial charge in [-0.1, -0.05) is 25.0 Å². The van der Waals surface area contributed by atoms with E-state index in [4.69, 9.17) is 4.74 Å². The van der Waals surface area contributed by atoms with Gasteiger partial charge in [0.2, 0.25) is 23.6 Å². The van der Waals surface area contributed by atoms with Gasteiger partial charge < -0.3 is 10.1 Å². The zero-order valence-electron chi connectivity index (χ0n) is 16.3. The molecular formula is C22H22FN3O4. The van der Waals surface area contributed by atoms with Crippen LogP contribution in [0.5, 0.6) is 11.6 Å². The number of likely N-dealkylation sites (tertiary alicyclic amines) is 1. The molecule has 2 aromatic rings. The van der Waals surface area contributed by atoms with Crippen molar-refractivity contribution in [2.24, 2.45) is 11.8 Å². The number of rotatable bonds is 6. The van der Waals surface area contributed by atoms with Gasteiger partial charge in [0.25, 0.3) is 0 Å². The number of nitrogens with one attached hydrogen (secondary N) is 1. The van der Waals surface area contributed by atoms with Gasteiger partial charge in [0.05, 0.1) is 11.8 Å². The number of ether oxygens (including phenoxy) is 1. The van der Waals surface area contributed by atoms with Crippen LogP contribution in [0.3, 0.4) is 0 Å². The fraction of sp³-hybridized carbons (Fsp3) is 0.364. The minimum atomic E-state index is -0.434. The predicted molar refractivity (Wildman–Crippen MR) is 105 cm³/mol. The molecule has 30 heavy (non-hydrogen) atoms. The summed E-state index contributed by atoms with van der Waals surface area (Å²) in [5.41, 5.74) is 0.586. The van der Waals surface area contributed by atoms with Gasteiger partial charge in [-0.3, -0.25) is 19.3 Å². The maximum Gasteiger partial charge on any atom is 0.240 e. The van der Waals surface area contributed by atoms with Crippen LogP contribution in [-0.4, -0.2) is 34.2 Å². The normalized spacial score (nSPS) is 20.8. The molecule has 2 fully saturated rings. The highest BCUT2D eigenvalue weighted by atomic mass is 19.1. The van der Waals surface area contributed by atoms with E-state index >= 15 is 0 Å². The largest absolute Gasteiger partial charge is 0.439 e. The topological polar surface area (TPSA) is 88.6 Å². The van der Waals surface area contributed by atoms with Crippen molar-refractivity contribution < 1.29 is 23.5 Å². The molecule has 1 saturated carbocycles. The SMILES string of the molecule is O=C(CN1C(=O)C2CCCCC2C1=O)NCc1cccnc1Oc1cccc(F)c1. The fourth-order valence-corrected chi connectivity index (χ4v) is 4.07. The second kappa shape index (κ2) is 8.61. The standard InChI is InChI=1S/C22H22FN3O4/c23-15-6-3-7-16(11-15)30-20-14(5-4-10-24-20)12-25-19(27)13-26-21(28)17-8-1-2-9-18(17)22(26)29/h3-7,10-11,17-18H,1-2,8-9,12-13H2,(H,25,27). The van der Waals surface area contributed by atoms with Crippen LogP contribution in [0.15, 0.2) is 42.6 Å². The van der Waals surface area contributed by atoms with Crippen LogP contribution in [0, 0.1) is 17.7 Å². The lowest BCUT2D eigenvalue weighted by Gasteiger charge is -2.19. The molecule has 3 amide bonds. The first kappa shape index (κ1) is 20.0. The number of imide groups is 1. The molecule has 8 heteroatoms. The third-order valence-electron chi connectivity index (χ3n) is 5.57. The third-order valence-corrected chi connectivity index (χ3v) is 5.57. The minimum Gasteiger partial charge on any atom is -0.439 e. The number of pyridine rings is 1. The summed E-state index contributed by atoms with van der Waals surface area (Å²) >= 11 is 0. The van der Waals surface area contributed by atoms with Crippen molar-refractivity contribution in [3.05, 3.63) is 54.0 Å². The zero-order valence-corrected chi connectivity index (χ0v) is 16.3. The predicted octanol–water partition coefficient (Wildman–Crippen LogP) is 2.80. The summed E-state index contributed by atoms with van der Waals surface area (Å²) in [5, 5.41) is 2.71. The van der Waals surface area contributed by atoms with Crippen molar-refractivity contribution in [2.75, 3.05) is 6.54 Å². The van der Waals surface area contributed by atoms with Crippen molar-refractivity contribution in [3.63, 3.8) is 0 Å². The lowest BCUT2D eigenvalue weighted by molar-refractivity contribution is -0.143. The van der Waals surface area contributed by atoms with E-state index in [-0.39, 0.29) is 48.4 Å². The lowest BCUT2D eigenvalue weighted by atomic mass is 9.81. The van der Waals surface area contributed by atoms with Gasteiger partial charge in [0.1, 0.15) is 18.1 Å². The van der Waals surface area contributed by atoms with E-state index in [1.54, 1.807) is 18.2 Å². The molecule has 1 saturated heterocycles. The Hall–Kier alpha value is -3.29. The molecule has 1 aliphatic heterocycles. The number of amides is 3. The third kappa shape index (κ3) is 4.17. The van der Waals surface area contributed by atoms with Crippen molar-refractivity contribution in [3.8, 4) is 11.6 Å². The summed E-state index contributed by atoms with van der Waals surface area (Å²) in [4.78, 5) is 42.7. The van der Waals surface area contributed by atoms with Gasteiger partial charge in [0, 0.05) is 24.4 Å². The van der Waals surface area contributed by atoms with Gasteiger partial charge in [-0.15, -0.1) is 0 Å². The summed E-state index contributed by atoms with van der Waals surface area (Å²) in [6, 6.07) is 9.09. The van der Waals surface area contributed by atoms with Gasteiger partial charge in [-0.25, -0.2) is 9.37 Å². The smallest absolute Gasteiger partial charge is 0.240 e. The summed E-state index contributed by atoms with van der Waals surface area (Å²) in [5.74, 6) is -1.37. The molecule has 2 heterocycles. The first-order valence-electron chi connectivity index (χ1n) is 10.0. The van der Waals surface area contributed by atoms with Crippen molar-refractivity contribution in [2.45, 2.75) is 32.2 Å². The number of fused-ring (bicyclic) bond motifs is 1. The Morgan fingerprint density at radius 2 is 1.87 bits per heavy atom. The molecule has 2 aliphatic rings. The van der Waals surface area contributed by atoms with Crippen molar-refractivity contribution in [1.82, 2.24) is 15.2 Å². The summed E-state index contributed by atoms with van der Waals surface area (Å²) in [6.07, 6.45) is 4.83. The number of halogens is 1. The Bertz CT molecular complexity index is 956. The number of carbonyl (C=O) groups is 3. The first-order chi connectivity index (χ1) is 14.5. The molecule has 1 aromatic heterocycles. The molecule has 7 nitrogen and oxygen atoms in total. The summed E-state index contributed by atoms with van der Waals surface area (Å²) < 4.78 is 19.0. The van der Waals surface area contributed by atoms with E-state index in [0.29, 0.717) is 18.4 Å². The van der Waals surface area contributed by atoms with Crippen LogP contribution in [0.2, 0.25) is 0 Å². The van der Waals surface area contributed by atoms with E-state index in [1.807, 2.05) is 0 Å². The number of hydrogen-bond donors (Lipinski definition) is 1. The highest BCUT2D eigenvalue weighted by Crippen LogP contribution is 2.37. The number of carbonyl (C=O) groups excluding carboxylic acids is 3.